The Kier molecular flexibility index (Phi) is 4.04. The van der Waals surface area contributed by atoms with Crippen LogP contribution in [-0.4, -0.2) is 22.0 Å². The molecule has 5 heteroatoms. The second kappa shape index (κ2) is 5.39. The van der Waals surface area contributed by atoms with Gasteiger partial charge in [-0.15, -0.1) is 0 Å². The number of Topliss-reactive ketones (excluding diaryl/α,β-unsaturated/α-hetero) is 1. The van der Waals surface area contributed by atoms with Crippen molar-refractivity contribution in [1.29, 1.82) is 0 Å². The van der Waals surface area contributed by atoms with E-state index in [1.165, 1.54) is 19.9 Å². The average molecular weight is 306 g/mol. The van der Waals surface area contributed by atoms with Crippen LogP contribution in [0.1, 0.15) is 56.7 Å². The molecule has 1 aliphatic rings. The standard InChI is InChI=1S/C17H22O5/c1-8(2)11-7-13(20)17(5,21)15-12(19)6-9(3)16(14(11)15)22-10(4)18/h6,8,11,19,21H,7H2,1-5H3/t11-,17+/m0/s1. The number of aromatic hydroxyl groups is 1. The van der Waals surface area contributed by atoms with Gasteiger partial charge in [-0.1, -0.05) is 13.8 Å². The summed E-state index contributed by atoms with van der Waals surface area (Å²) in [7, 11) is 0. The van der Waals surface area contributed by atoms with E-state index < -0.39 is 11.6 Å². The molecule has 1 aliphatic carbocycles. The monoisotopic (exact) mass is 306 g/mol. The van der Waals surface area contributed by atoms with Crippen LogP contribution in [0.4, 0.5) is 0 Å². The van der Waals surface area contributed by atoms with Crippen molar-refractivity contribution < 1.29 is 24.5 Å². The van der Waals surface area contributed by atoms with Crippen LogP contribution < -0.4 is 4.74 Å². The average Bonchev–Trinajstić information content (AvgIpc) is 2.36. The molecule has 0 aliphatic heterocycles. The van der Waals surface area contributed by atoms with Crippen LogP contribution in [0.2, 0.25) is 0 Å². The van der Waals surface area contributed by atoms with Crippen molar-refractivity contribution >= 4 is 11.8 Å². The molecular formula is C17H22O5. The van der Waals surface area contributed by atoms with Gasteiger partial charge in [-0.05, 0) is 37.3 Å². The summed E-state index contributed by atoms with van der Waals surface area (Å²) in [6.45, 7) is 8.31. The minimum absolute atomic E-state index is 0.0920. The first kappa shape index (κ1) is 16.5. The van der Waals surface area contributed by atoms with Gasteiger partial charge in [0.2, 0.25) is 0 Å². The molecule has 0 unspecified atom stereocenters. The predicted octanol–water partition coefficient (Wildman–Crippen LogP) is 2.55. The number of hydrogen-bond donors (Lipinski definition) is 2. The van der Waals surface area contributed by atoms with Gasteiger partial charge in [0, 0.05) is 24.5 Å². The fraction of sp³-hybridized carbons (Fsp3) is 0.529. The van der Waals surface area contributed by atoms with Crippen molar-refractivity contribution in [2.75, 3.05) is 0 Å². The third-order valence-electron chi connectivity index (χ3n) is 4.34. The van der Waals surface area contributed by atoms with Crippen molar-refractivity contribution in [2.24, 2.45) is 5.92 Å². The van der Waals surface area contributed by atoms with Gasteiger partial charge in [0.05, 0.1) is 0 Å². The van der Waals surface area contributed by atoms with Crippen molar-refractivity contribution in [3.8, 4) is 11.5 Å². The highest BCUT2D eigenvalue weighted by molar-refractivity contribution is 5.93. The van der Waals surface area contributed by atoms with E-state index in [1.54, 1.807) is 6.92 Å². The summed E-state index contributed by atoms with van der Waals surface area (Å²) in [5.74, 6) is -0.752. The third kappa shape index (κ3) is 2.50. The van der Waals surface area contributed by atoms with Crippen LogP contribution in [0.3, 0.4) is 0 Å². The molecule has 22 heavy (non-hydrogen) atoms. The van der Waals surface area contributed by atoms with E-state index >= 15 is 0 Å². The number of carbonyl (C=O) groups excluding carboxylic acids is 2. The van der Waals surface area contributed by atoms with Crippen LogP contribution in [0.5, 0.6) is 11.5 Å². The Balaban J connectivity index is 2.84. The van der Waals surface area contributed by atoms with E-state index in [0.717, 1.165) is 0 Å². The second-order valence-electron chi connectivity index (χ2n) is 6.47. The van der Waals surface area contributed by atoms with Crippen molar-refractivity contribution in [2.45, 2.75) is 52.6 Å². The summed E-state index contributed by atoms with van der Waals surface area (Å²) in [4.78, 5) is 23.7. The van der Waals surface area contributed by atoms with Crippen LogP contribution in [0.25, 0.3) is 0 Å². The zero-order valence-electron chi connectivity index (χ0n) is 13.6. The largest absolute Gasteiger partial charge is 0.508 e. The van der Waals surface area contributed by atoms with Gasteiger partial charge in [0.15, 0.2) is 5.78 Å². The molecule has 0 aromatic heterocycles. The molecule has 0 saturated carbocycles. The number of benzene rings is 1. The SMILES string of the molecule is CC(=O)Oc1c(C)cc(O)c2c1[C@H](C(C)C)CC(=O)[C@@]2(C)O. The van der Waals surface area contributed by atoms with Crippen molar-refractivity contribution in [3.63, 3.8) is 0 Å². The van der Waals surface area contributed by atoms with Gasteiger partial charge in [-0.2, -0.15) is 0 Å². The number of phenols is 1. The Bertz CT molecular complexity index is 643. The Labute approximate surface area is 129 Å². The van der Waals surface area contributed by atoms with Gasteiger partial charge >= 0.3 is 5.97 Å². The maximum atomic E-state index is 12.3. The first-order valence-electron chi connectivity index (χ1n) is 7.38. The molecule has 2 atom stereocenters. The number of fused-ring (bicyclic) bond motifs is 1. The molecule has 5 nitrogen and oxygen atoms in total. The van der Waals surface area contributed by atoms with Gasteiger partial charge in [-0.3, -0.25) is 9.59 Å². The van der Waals surface area contributed by atoms with E-state index in [2.05, 4.69) is 0 Å². The van der Waals surface area contributed by atoms with Crippen LogP contribution >= 0.6 is 0 Å². The van der Waals surface area contributed by atoms with E-state index in [1.807, 2.05) is 13.8 Å². The highest BCUT2D eigenvalue weighted by Crippen LogP contribution is 2.51. The summed E-state index contributed by atoms with van der Waals surface area (Å²) < 4.78 is 5.33. The molecule has 0 amide bonds. The zero-order valence-corrected chi connectivity index (χ0v) is 13.6. The maximum Gasteiger partial charge on any atom is 0.308 e. The molecule has 0 bridgehead atoms. The minimum atomic E-state index is -1.78. The first-order valence-corrected chi connectivity index (χ1v) is 7.38. The zero-order chi connectivity index (χ0) is 16.8. The molecule has 0 heterocycles. The first-order chi connectivity index (χ1) is 10.1. The molecule has 1 aromatic rings. The molecular weight excluding hydrogens is 284 g/mol. The number of esters is 1. The molecule has 2 N–H and O–H groups in total. The lowest BCUT2D eigenvalue weighted by atomic mass is 9.69. The fourth-order valence-electron chi connectivity index (χ4n) is 3.16. The van der Waals surface area contributed by atoms with E-state index in [9.17, 15) is 19.8 Å². The summed E-state index contributed by atoms with van der Waals surface area (Å²) in [5.41, 5.74) is -0.466. The molecule has 1 aromatic carbocycles. The molecule has 120 valence electrons. The number of ether oxygens (including phenoxy) is 1. The van der Waals surface area contributed by atoms with Gasteiger partial charge in [-0.25, -0.2) is 0 Å². The van der Waals surface area contributed by atoms with Crippen LogP contribution in [-0.2, 0) is 15.2 Å². The topological polar surface area (TPSA) is 83.8 Å². The number of rotatable bonds is 2. The van der Waals surface area contributed by atoms with Gasteiger partial charge in [0.25, 0.3) is 0 Å². The summed E-state index contributed by atoms with van der Waals surface area (Å²) in [6, 6.07) is 1.42. The lowest BCUT2D eigenvalue weighted by Gasteiger charge is -2.38. The van der Waals surface area contributed by atoms with Crippen molar-refractivity contribution in [3.05, 3.63) is 22.8 Å². The van der Waals surface area contributed by atoms with Crippen LogP contribution in [0.15, 0.2) is 6.07 Å². The number of aryl methyl sites for hydroxylation is 1. The lowest BCUT2D eigenvalue weighted by molar-refractivity contribution is -0.138. The highest BCUT2D eigenvalue weighted by Gasteiger charge is 2.46. The summed E-state index contributed by atoms with van der Waals surface area (Å²) in [5, 5.41) is 20.9. The Morgan fingerprint density at radius 3 is 2.55 bits per heavy atom. The summed E-state index contributed by atoms with van der Waals surface area (Å²) in [6.07, 6.45) is 0.148. The third-order valence-corrected chi connectivity index (χ3v) is 4.34. The quantitative estimate of drug-likeness (QED) is 0.648. The maximum absolute atomic E-state index is 12.3. The number of aliphatic hydroxyl groups is 1. The Morgan fingerprint density at radius 2 is 2.05 bits per heavy atom. The molecule has 0 fully saturated rings. The second-order valence-corrected chi connectivity index (χ2v) is 6.47. The number of carbonyl (C=O) groups is 2. The molecule has 0 radical (unpaired) electrons. The minimum Gasteiger partial charge on any atom is -0.508 e. The fourth-order valence-corrected chi connectivity index (χ4v) is 3.16. The molecule has 0 spiro atoms. The Hall–Kier alpha value is -1.88. The normalized spacial score (nSPS) is 24.3. The van der Waals surface area contributed by atoms with E-state index in [0.29, 0.717) is 16.9 Å². The molecule has 0 saturated heterocycles. The Morgan fingerprint density at radius 1 is 1.45 bits per heavy atom. The van der Waals surface area contributed by atoms with Gasteiger partial charge < -0.3 is 14.9 Å². The number of phenolic OH excluding ortho intramolecular Hbond substituents is 1. The number of hydrogen-bond acceptors (Lipinski definition) is 5. The van der Waals surface area contributed by atoms with E-state index in [4.69, 9.17) is 4.74 Å². The lowest BCUT2D eigenvalue weighted by Crippen LogP contribution is -2.40. The summed E-state index contributed by atoms with van der Waals surface area (Å²) >= 11 is 0. The smallest absolute Gasteiger partial charge is 0.308 e. The predicted molar refractivity (Wildman–Crippen MR) is 80.9 cm³/mol. The highest BCUT2D eigenvalue weighted by atomic mass is 16.5. The van der Waals surface area contributed by atoms with Crippen LogP contribution in [0, 0.1) is 12.8 Å². The van der Waals surface area contributed by atoms with E-state index in [-0.39, 0.29) is 35.4 Å². The molecule has 2 rings (SSSR count). The van der Waals surface area contributed by atoms with Gasteiger partial charge in [0.1, 0.15) is 17.1 Å². The number of ketones is 1. The van der Waals surface area contributed by atoms with Crippen molar-refractivity contribution in [1.82, 2.24) is 0 Å².